The van der Waals surface area contributed by atoms with Crippen LogP contribution in [0.3, 0.4) is 0 Å². The summed E-state index contributed by atoms with van der Waals surface area (Å²) < 4.78 is 0. The van der Waals surface area contributed by atoms with E-state index in [1.54, 1.807) is 0 Å². The minimum absolute atomic E-state index is 0.114. The highest BCUT2D eigenvalue weighted by Crippen LogP contribution is 2.63. The molecule has 0 heterocycles. The van der Waals surface area contributed by atoms with E-state index in [9.17, 15) is 9.90 Å². The number of allylic oxidation sites excluding steroid dienone is 4. The Bertz CT molecular complexity index is 558. The zero-order chi connectivity index (χ0) is 15.4. The fourth-order valence-corrected chi connectivity index (χ4v) is 6.35. The van der Waals surface area contributed by atoms with E-state index in [-0.39, 0.29) is 5.41 Å². The van der Waals surface area contributed by atoms with Crippen molar-refractivity contribution < 1.29 is 9.90 Å². The lowest BCUT2D eigenvalue weighted by Gasteiger charge is -2.53. The van der Waals surface area contributed by atoms with Gasteiger partial charge in [-0.05, 0) is 62.2 Å². The van der Waals surface area contributed by atoms with Crippen LogP contribution in [0.15, 0.2) is 23.3 Å². The molecule has 4 atom stereocenters. The average molecular weight is 300 g/mol. The maximum absolute atomic E-state index is 11.6. The number of aliphatic carboxylic acids is 1. The molecule has 4 rings (SSSR count). The summed E-state index contributed by atoms with van der Waals surface area (Å²) in [5.41, 5.74) is 3.37. The van der Waals surface area contributed by atoms with Crippen LogP contribution >= 0.6 is 0 Å². The highest BCUT2D eigenvalue weighted by Gasteiger charge is 2.53. The predicted octanol–water partition coefficient (Wildman–Crippen LogP) is 5.10. The molecule has 2 saturated carbocycles. The van der Waals surface area contributed by atoms with E-state index in [4.69, 9.17) is 0 Å². The second-order valence-electron chi connectivity index (χ2n) is 8.45. The van der Waals surface area contributed by atoms with E-state index in [2.05, 4.69) is 19.1 Å². The van der Waals surface area contributed by atoms with Crippen LogP contribution in [-0.2, 0) is 4.79 Å². The van der Waals surface area contributed by atoms with Gasteiger partial charge in [0, 0.05) is 5.41 Å². The van der Waals surface area contributed by atoms with Gasteiger partial charge in [-0.3, -0.25) is 4.79 Å². The molecule has 0 spiro atoms. The van der Waals surface area contributed by atoms with Crippen molar-refractivity contribution in [1.29, 1.82) is 0 Å². The molecule has 2 nitrogen and oxygen atoms in total. The van der Waals surface area contributed by atoms with Crippen molar-refractivity contribution in [3.05, 3.63) is 23.3 Å². The van der Waals surface area contributed by atoms with E-state index in [0.717, 1.165) is 18.8 Å². The molecule has 2 fully saturated rings. The topological polar surface area (TPSA) is 37.3 Å². The maximum Gasteiger partial charge on any atom is 0.304 e. The molecule has 0 aromatic heterocycles. The summed E-state index contributed by atoms with van der Waals surface area (Å²) in [5, 5.41) is 9.57. The normalized spacial score (nSPS) is 43.5. The van der Waals surface area contributed by atoms with Gasteiger partial charge in [-0.2, -0.15) is 0 Å². The number of fused-ring (bicyclic) bond motifs is 5. The highest BCUT2D eigenvalue weighted by molar-refractivity contribution is 5.70. The third kappa shape index (κ3) is 1.95. The van der Waals surface area contributed by atoms with Gasteiger partial charge >= 0.3 is 5.97 Å². The number of rotatable bonds is 2. The molecule has 0 aliphatic heterocycles. The van der Waals surface area contributed by atoms with Crippen molar-refractivity contribution in [1.82, 2.24) is 0 Å². The molecule has 2 heteroatoms. The lowest BCUT2D eigenvalue weighted by atomic mass is 9.51. The van der Waals surface area contributed by atoms with Gasteiger partial charge in [0.2, 0.25) is 0 Å². The van der Waals surface area contributed by atoms with E-state index < -0.39 is 5.97 Å². The molecule has 0 saturated heterocycles. The van der Waals surface area contributed by atoms with Crippen molar-refractivity contribution in [2.75, 3.05) is 0 Å². The quantitative estimate of drug-likeness (QED) is 0.720. The van der Waals surface area contributed by atoms with Gasteiger partial charge in [-0.25, -0.2) is 0 Å². The lowest BCUT2D eigenvalue weighted by molar-refractivity contribution is -0.139. The van der Waals surface area contributed by atoms with Crippen LogP contribution in [0.4, 0.5) is 0 Å². The molecule has 120 valence electrons. The third-order valence-corrected chi connectivity index (χ3v) is 7.37. The summed E-state index contributed by atoms with van der Waals surface area (Å²) in [6.07, 6.45) is 16.3. The molecule has 0 amide bonds. The zero-order valence-electron chi connectivity index (χ0n) is 13.7. The van der Waals surface area contributed by atoms with Crippen molar-refractivity contribution in [2.45, 2.75) is 71.1 Å². The SMILES string of the molecule is C[C@]12CC=C3[C@@H](CC=C4CCCC[C@@]43CC(=O)O)[C@@H]1CCC2. The second-order valence-corrected chi connectivity index (χ2v) is 8.45. The Morgan fingerprint density at radius 1 is 1.27 bits per heavy atom. The van der Waals surface area contributed by atoms with Crippen molar-refractivity contribution in [2.24, 2.45) is 22.7 Å². The number of carboxylic acid groups (broad SMARTS) is 1. The number of hydrogen-bond acceptors (Lipinski definition) is 1. The fraction of sp³-hybridized carbons (Fsp3) is 0.750. The smallest absolute Gasteiger partial charge is 0.304 e. The van der Waals surface area contributed by atoms with Crippen LogP contribution in [0.2, 0.25) is 0 Å². The van der Waals surface area contributed by atoms with Gasteiger partial charge in [0.1, 0.15) is 0 Å². The first-order chi connectivity index (χ1) is 10.6. The summed E-state index contributed by atoms with van der Waals surface area (Å²) in [5.74, 6) is 0.800. The van der Waals surface area contributed by atoms with Crippen LogP contribution in [0.1, 0.15) is 71.1 Å². The van der Waals surface area contributed by atoms with Crippen molar-refractivity contribution in [3.8, 4) is 0 Å². The van der Waals surface area contributed by atoms with Crippen LogP contribution < -0.4 is 0 Å². The van der Waals surface area contributed by atoms with Gasteiger partial charge in [0.25, 0.3) is 0 Å². The molecule has 0 unspecified atom stereocenters. The molecule has 22 heavy (non-hydrogen) atoms. The molecule has 0 bridgehead atoms. The summed E-state index contributed by atoms with van der Waals surface area (Å²) in [4.78, 5) is 11.6. The Morgan fingerprint density at radius 3 is 2.95 bits per heavy atom. The predicted molar refractivity (Wildman–Crippen MR) is 87.5 cm³/mol. The van der Waals surface area contributed by atoms with Gasteiger partial charge in [-0.15, -0.1) is 0 Å². The monoisotopic (exact) mass is 300 g/mol. The number of hydrogen-bond donors (Lipinski definition) is 1. The Kier molecular flexibility index (Phi) is 3.29. The Hall–Kier alpha value is -1.05. The molecular formula is C20H28O2. The lowest BCUT2D eigenvalue weighted by Crippen LogP contribution is -2.43. The van der Waals surface area contributed by atoms with E-state index >= 15 is 0 Å². The summed E-state index contributed by atoms with van der Waals surface area (Å²) in [7, 11) is 0. The maximum atomic E-state index is 11.6. The first-order valence-electron chi connectivity index (χ1n) is 9.17. The van der Waals surface area contributed by atoms with E-state index in [1.165, 1.54) is 56.1 Å². The molecule has 0 aromatic carbocycles. The summed E-state index contributed by atoms with van der Waals surface area (Å²) in [6, 6.07) is 0. The van der Waals surface area contributed by atoms with Crippen molar-refractivity contribution in [3.63, 3.8) is 0 Å². The molecular weight excluding hydrogens is 272 g/mol. The largest absolute Gasteiger partial charge is 0.481 e. The Morgan fingerprint density at radius 2 is 2.14 bits per heavy atom. The van der Waals surface area contributed by atoms with Gasteiger partial charge < -0.3 is 5.11 Å². The standard InChI is InChI=1S/C20H28O2/c1-19-10-4-6-16(19)15-8-7-14-5-2-3-11-20(14,13-18(21)22)17(15)9-12-19/h7,9,15-16H,2-6,8,10-13H2,1H3,(H,21,22)/t15-,16-,19-,20+/m0/s1. The van der Waals surface area contributed by atoms with Crippen LogP contribution in [0.5, 0.6) is 0 Å². The Balaban J connectivity index is 1.79. The van der Waals surface area contributed by atoms with Crippen molar-refractivity contribution >= 4 is 5.97 Å². The van der Waals surface area contributed by atoms with E-state index in [0.29, 0.717) is 17.8 Å². The number of carboxylic acids is 1. The number of carbonyl (C=O) groups is 1. The zero-order valence-corrected chi connectivity index (χ0v) is 13.7. The molecule has 0 radical (unpaired) electrons. The second kappa shape index (κ2) is 4.97. The minimum atomic E-state index is -0.617. The first-order valence-corrected chi connectivity index (χ1v) is 9.17. The van der Waals surface area contributed by atoms with Gasteiger partial charge in [0.05, 0.1) is 6.42 Å². The first kappa shape index (κ1) is 14.5. The highest BCUT2D eigenvalue weighted by atomic mass is 16.4. The van der Waals surface area contributed by atoms with Gasteiger partial charge in [0.15, 0.2) is 0 Å². The average Bonchev–Trinajstić information content (AvgIpc) is 2.88. The van der Waals surface area contributed by atoms with Crippen LogP contribution in [0, 0.1) is 22.7 Å². The third-order valence-electron chi connectivity index (χ3n) is 7.37. The minimum Gasteiger partial charge on any atom is -0.481 e. The summed E-state index contributed by atoms with van der Waals surface area (Å²) in [6.45, 7) is 2.47. The molecule has 0 aromatic rings. The fourth-order valence-electron chi connectivity index (χ4n) is 6.35. The molecule has 4 aliphatic rings. The van der Waals surface area contributed by atoms with Gasteiger partial charge in [-0.1, -0.05) is 43.1 Å². The van der Waals surface area contributed by atoms with E-state index in [1.807, 2.05) is 0 Å². The van der Waals surface area contributed by atoms with Crippen LogP contribution in [-0.4, -0.2) is 11.1 Å². The summed E-state index contributed by atoms with van der Waals surface area (Å²) >= 11 is 0. The molecule has 1 N–H and O–H groups in total. The molecule has 4 aliphatic carbocycles. The van der Waals surface area contributed by atoms with Crippen LogP contribution in [0.25, 0.3) is 0 Å². The Labute approximate surface area is 133 Å².